The van der Waals surface area contributed by atoms with Gasteiger partial charge in [-0.1, -0.05) is 5.16 Å². The van der Waals surface area contributed by atoms with Crippen LogP contribution in [0.4, 0.5) is 0 Å². The molecule has 5 nitrogen and oxygen atoms in total. The van der Waals surface area contributed by atoms with Crippen molar-refractivity contribution in [1.82, 2.24) is 4.90 Å². The van der Waals surface area contributed by atoms with Gasteiger partial charge in [0.05, 0.1) is 12.6 Å². The van der Waals surface area contributed by atoms with Crippen molar-refractivity contribution in [2.24, 2.45) is 10.9 Å². The van der Waals surface area contributed by atoms with E-state index in [1.807, 2.05) is 11.9 Å². The summed E-state index contributed by atoms with van der Waals surface area (Å²) in [5.74, 6) is 0.237. The number of ether oxygens (including phenoxy) is 1. The van der Waals surface area contributed by atoms with Crippen LogP contribution in [0.2, 0.25) is 0 Å². The lowest BCUT2D eigenvalue weighted by Crippen LogP contribution is -2.36. The molecule has 1 rings (SSSR count). The number of likely N-dealkylation sites (N-methyl/N-ethyl adjacent to an activating group) is 1. The zero-order valence-electron chi connectivity index (χ0n) is 7.94. The number of amidine groups is 1. The second kappa shape index (κ2) is 5.04. The summed E-state index contributed by atoms with van der Waals surface area (Å²) in [6, 6.07) is 0. The van der Waals surface area contributed by atoms with Crippen LogP contribution in [0, 0.1) is 0 Å². The minimum absolute atomic E-state index is 0.237. The van der Waals surface area contributed by atoms with Crippen molar-refractivity contribution in [3.63, 3.8) is 0 Å². The number of rotatable bonds is 4. The van der Waals surface area contributed by atoms with Crippen molar-refractivity contribution in [3.8, 4) is 0 Å². The lowest BCUT2D eigenvalue weighted by Gasteiger charge is -2.19. The fourth-order valence-corrected chi connectivity index (χ4v) is 1.51. The van der Waals surface area contributed by atoms with Gasteiger partial charge in [0.15, 0.2) is 5.84 Å². The summed E-state index contributed by atoms with van der Waals surface area (Å²) in [7, 11) is 1.93. The van der Waals surface area contributed by atoms with Crippen LogP contribution in [0.5, 0.6) is 0 Å². The smallest absolute Gasteiger partial charge is 0.153 e. The van der Waals surface area contributed by atoms with E-state index in [9.17, 15) is 0 Å². The monoisotopic (exact) mass is 187 g/mol. The molecule has 1 saturated heterocycles. The third kappa shape index (κ3) is 3.61. The zero-order valence-corrected chi connectivity index (χ0v) is 7.94. The van der Waals surface area contributed by atoms with Crippen LogP contribution < -0.4 is 5.73 Å². The summed E-state index contributed by atoms with van der Waals surface area (Å²) in [6.45, 7) is 2.19. The molecule has 0 saturated carbocycles. The fourth-order valence-electron chi connectivity index (χ4n) is 1.51. The Morgan fingerprint density at radius 1 is 1.77 bits per heavy atom. The van der Waals surface area contributed by atoms with Gasteiger partial charge in [0, 0.05) is 13.2 Å². The standard InChI is InChI=1S/C8H17N3O2/c1-11(6-8(9)10-12)5-7-3-2-4-13-7/h7,12H,2-6H2,1H3,(H2,9,10). The van der Waals surface area contributed by atoms with Crippen molar-refractivity contribution < 1.29 is 9.94 Å². The van der Waals surface area contributed by atoms with Crippen molar-refractivity contribution in [2.45, 2.75) is 18.9 Å². The third-order valence-corrected chi connectivity index (χ3v) is 2.10. The van der Waals surface area contributed by atoms with E-state index in [4.69, 9.17) is 15.7 Å². The molecule has 0 aromatic rings. The van der Waals surface area contributed by atoms with Gasteiger partial charge >= 0.3 is 0 Å². The van der Waals surface area contributed by atoms with E-state index in [1.54, 1.807) is 0 Å². The Balaban J connectivity index is 2.20. The van der Waals surface area contributed by atoms with E-state index < -0.39 is 0 Å². The molecule has 1 heterocycles. The topological polar surface area (TPSA) is 71.1 Å². The molecule has 13 heavy (non-hydrogen) atoms. The second-order valence-corrected chi connectivity index (χ2v) is 3.42. The molecule has 0 aromatic heterocycles. The average molecular weight is 187 g/mol. The Morgan fingerprint density at radius 2 is 2.54 bits per heavy atom. The summed E-state index contributed by atoms with van der Waals surface area (Å²) in [6.07, 6.45) is 2.57. The fraction of sp³-hybridized carbons (Fsp3) is 0.875. The van der Waals surface area contributed by atoms with E-state index in [1.165, 1.54) is 0 Å². The Hall–Kier alpha value is -0.810. The molecular formula is C8H17N3O2. The molecule has 1 aliphatic heterocycles. The van der Waals surface area contributed by atoms with E-state index in [-0.39, 0.29) is 5.84 Å². The van der Waals surface area contributed by atoms with Gasteiger partial charge in [-0.2, -0.15) is 0 Å². The second-order valence-electron chi connectivity index (χ2n) is 3.42. The Labute approximate surface area is 78.1 Å². The van der Waals surface area contributed by atoms with E-state index >= 15 is 0 Å². The molecule has 0 radical (unpaired) electrons. The van der Waals surface area contributed by atoms with Gasteiger partial charge in [0.2, 0.25) is 0 Å². The van der Waals surface area contributed by atoms with Crippen molar-refractivity contribution >= 4 is 5.84 Å². The summed E-state index contributed by atoms with van der Waals surface area (Å²) in [4.78, 5) is 1.99. The lowest BCUT2D eigenvalue weighted by atomic mass is 10.2. The molecule has 0 amide bonds. The molecule has 1 unspecified atom stereocenters. The first-order valence-electron chi connectivity index (χ1n) is 4.49. The quantitative estimate of drug-likeness (QED) is 0.278. The van der Waals surface area contributed by atoms with Crippen LogP contribution in [0.1, 0.15) is 12.8 Å². The lowest BCUT2D eigenvalue weighted by molar-refractivity contribution is 0.0850. The van der Waals surface area contributed by atoms with Gasteiger partial charge in [0.25, 0.3) is 0 Å². The maximum Gasteiger partial charge on any atom is 0.153 e. The average Bonchev–Trinajstić information content (AvgIpc) is 2.56. The third-order valence-electron chi connectivity index (χ3n) is 2.10. The van der Waals surface area contributed by atoms with E-state index in [2.05, 4.69) is 5.16 Å². The Morgan fingerprint density at radius 3 is 3.08 bits per heavy atom. The van der Waals surface area contributed by atoms with Gasteiger partial charge in [-0.15, -0.1) is 0 Å². The molecule has 0 spiro atoms. The van der Waals surface area contributed by atoms with Crippen molar-refractivity contribution in [1.29, 1.82) is 0 Å². The number of hydrogen-bond donors (Lipinski definition) is 2. The van der Waals surface area contributed by atoms with E-state index in [0.29, 0.717) is 12.6 Å². The summed E-state index contributed by atoms with van der Waals surface area (Å²) < 4.78 is 5.45. The molecule has 76 valence electrons. The Kier molecular flexibility index (Phi) is 3.98. The molecule has 0 aromatic carbocycles. The minimum atomic E-state index is 0.237. The summed E-state index contributed by atoms with van der Waals surface area (Å²) in [5, 5.41) is 11.3. The molecule has 1 fully saturated rings. The predicted molar refractivity (Wildman–Crippen MR) is 49.9 cm³/mol. The first kappa shape index (κ1) is 10.3. The highest BCUT2D eigenvalue weighted by Crippen LogP contribution is 2.12. The molecule has 0 bridgehead atoms. The first-order chi connectivity index (χ1) is 6.22. The molecule has 1 atom stereocenters. The summed E-state index contributed by atoms with van der Waals surface area (Å²) in [5.41, 5.74) is 5.37. The highest BCUT2D eigenvalue weighted by molar-refractivity contribution is 5.81. The van der Waals surface area contributed by atoms with Gasteiger partial charge in [-0.3, -0.25) is 4.90 Å². The van der Waals surface area contributed by atoms with Crippen molar-refractivity contribution in [3.05, 3.63) is 0 Å². The summed E-state index contributed by atoms with van der Waals surface area (Å²) >= 11 is 0. The SMILES string of the molecule is CN(CC(N)=NO)CC1CCCO1. The maximum absolute atomic E-state index is 8.35. The van der Waals surface area contributed by atoms with Crippen LogP contribution in [-0.2, 0) is 4.74 Å². The van der Waals surface area contributed by atoms with Crippen LogP contribution in [-0.4, -0.2) is 48.8 Å². The minimum Gasteiger partial charge on any atom is -0.409 e. The zero-order chi connectivity index (χ0) is 9.68. The number of nitrogens with zero attached hydrogens (tertiary/aromatic N) is 2. The van der Waals surface area contributed by atoms with Gasteiger partial charge in [-0.25, -0.2) is 0 Å². The normalized spacial score (nSPS) is 24.2. The molecule has 0 aliphatic carbocycles. The van der Waals surface area contributed by atoms with Gasteiger partial charge < -0.3 is 15.7 Å². The molecule has 1 aliphatic rings. The number of hydrogen-bond acceptors (Lipinski definition) is 4. The van der Waals surface area contributed by atoms with Crippen LogP contribution in [0.25, 0.3) is 0 Å². The number of nitrogens with two attached hydrogens (primary N) is 1. The van der Waals surface area contributed by atoms with Crippen LogP contribution >= 0.6 is 0 Å². The predicted octanol–water partition coefficient (Wildman–Crippen LogP) is -0.156. The van der Waals surface area contributed by atoms with Crippen molar-refractivity contribution in [2.75, 3.05) is 26.7 Å². The van der Waals surface area contributed by atoms with Crippen LogP contribution in [0.15, 0.2) is 5.16 Å². The highest BCUT2D eigenvalue weighted by atomic mass is 16.5. The highest BCUT2D eigenvalue weighted by Gasteiger charge is 2.17. The number of oxime groups is 1. The molecule has 3 N–H and O–H groups in total. The molecule has 5 heteroatoms. The molecular weight excluding hydrogens is 170 g/mol. The van der Waals surface area contributed by atoms with Gasteiger partial charge in [0.1, 0.15) is 0 Å². The Bertz CT molecular complexity index is 178. The van der Waals surface area contributed by atoms with Gasteiger partial charge in [-0.05, 0) is 19.9 Å². The maximum atomic E-state index is 8.35. The van der Waals surface area contributed by atoms with Crippen LogP contribution in [0.3, 0.4) is 0 Å². The van der Waals surface area contributed by atoms with E-state index in [0.717, 1.165) is 26.0 Å². The first-order valence-corrected chi connectivity index (χ1v) is 4.49. The largest absolute Gasteiger partial charge is 0.409 e.